The third-order valence-corrected chi connectivity index (χ3v) is 3.49. The van der Waals surface area contributed by atoms with Crippen LogP contribution in [-0.4, -0.2) is 42.6 Å². The lowest BCUT2D eigenvalue weighted by molar-refractivity contribution is -0.120. The number of para-hydroxylation sites is 1. The number of nitrogens with zero attached hydrogens (tertiary/aromatic N) is 2. The van der Waals surface area contributed by atoms with Crippen LogP contribution in [0.1, 0.15) is 18.2 Å². The monoisotopic (exact) mass is 343 g/mol. The Kier molecular flexibility index (Phi) is 7.00. The maximum Gasteiger partial charge on any atom is 0.224 e. The molecule has 0 aliphatic carbocycles. The zero-order valence-corrected chi connectivity index (χ0v) is 14.9. The fraction of sp³-hybridized carbons (Fsp3) is 0.389. The first-order chi connectivity index (χ1) is 12.1. The molecule has 1 aromatic carbocycles. The summed E-state index contributed by atoms with van der Waals surface area (Å²) in [6, 6.07) is 9.39. The van der Waals surface area contributed by atoms with E-state index < -0.39 is 0 Å². The minimum absolute atomic E-state index is 0.0430. The van der Waals surface area contributed by atoms with Gasteiger partial charge in [-0.05, 0) is 19.9 Å². The summed E-state index contributed by atoms with van der Waals surface area (Å²) >= 11 is 0. The number of ether oxygens (including phenoxy) is 1. The van der Waals surface area contributed by atoms with Crippen molar-refractivity contribution in [2.24, 2.45) is 0 Å². The van der Waals surface area contributed by atoms with Crippen molar-refractivity contribution in [2.45, 2.75) is 20.3 Å². The molecule has 134 valence electrons. The third kappa shape index (κ3) is 5.95. The normalized spacial score (nSPS) is 10.2. The number of hydrogen-bond acceptors (Lipinski definition) is 6. The van der Waals surface area contributed by atoms with Crippen LogP contribution in [0, 0.1) is 6.92 Å². The van der Waals surface area contributed by atoms with E-state index in [2.05, 4.69) is 25.9 Å². The van der Waals surface area contributed by atoms with Crippen molar-refractivity contribution in [3.05, 3.63) is 41.6 Å². The zero-order chi connectivity index (χ0) is 18.1. The number of rotatable bonds is 9. The number of amides is 1. The van der Waals surface area contributed by atoms with E-state index in [0.29, 0.717) is 25.5 Å². The van der Waals surface area contributed by atoms with E-state index in [1.165, 1.54) is 0 Å². The van der Waals surface area contributed by atoms with Crippen LogP contribution in [0.5, 0.6) is 5.75 Å². The van der Waals surface area contributed by atoms with E-state index in [-0.39, 0.29) is 5.91 Å². The molecule has 7 nitrogen and oxygen atoms in total. The van der Waals surface area contributed by atoms with Gasteiger partial charge in [0, 0.05) is 37.0 Å². The van der Waals surface area contributed by atoms with Gasteiger partial charge < -0.3 is 20.7 Å². The first kappa shape index (κ1) is 18.5. The number of hydrogen-bond donors (Lipinski definition) is 3. The molecular formula is C18H25N5O2. The number of methoxy groups -OCH3 is 1. The molecule has 7 heteroatoms. The number of aryl methyl sites for hydroxylation is 1. The van der Waals surface area contributed by atoms with E-state index >= 15 is 0 Å². The van der Waals surface area contributed by atoms with Gasteiger partial charge in [0.25, 0.3) is 0 Å². The van der Waals surface area contributed by atoms with Crippen LogP contribution >= 0.6 is 0 Å². The smallest absolute Gasteiger partial charge is 0.224 e. The third-order valence-electron chi connectivity index (χ3n) is 3.49. The first-order valence-electron chi connectivity index (χ1n) is 8.34. The van der Waals surface area contributed by atoms with E-state index in [0.717, 1.165) is 29.4 Å². The van der Waals surface area contributed by atoms with Crippen molar-refractivity contribution < 1.29 is 9.53 Å². The van der Waals surface area contributed by atoms with E-state index in [4.69, 9.17) is 4.74 Å². The Morgan fingerprint density at radius 2 is 1.96 bits per heavy atom. The molecular weight excluding hydrogens is 318 g/mol. The summed E-state index contributed by atoms with van der Waals surface area (Å²) < 4.78 is 5.26. The van der Waals surface area contributed by atoms with Crippen LogP contribution in [0.25, 0.3) is 0 Å². The predicted molar refractivity (Wildman–Crippen MR) is 99.1 cm³/mol. The second-order valence-electron chi connectivity index (χ2n) is 5.51. The van der Waals surface area contributed by atoms with Crippen molar-refractivity contribution in [2.75, 3.05) is 37.4 Å². The zero-order valence-electron chi connectivity index (χ0n) is 14.9. The van der Waals surface area contributed by atoms with Crippen molar-refractivity contribution in [3.8, 4) is 5.75 Å². The molecule has 0 spiro atoms. The maximum atomic E-state index is 12.1. The number of anilines is 2. The summed E-state index contributed by atoms with van der Waals surface area (Å²) in [4.78, 5) is 20.7. The first-order valence-corrected chi connectivity index (χ1v) is 8.34. The summed E-state index contributed by atoms with van der Waals surface area (Å²) in [7, 11) is 1.60. The average Bonchev–Trinajstić information content (AvgIpc) is 2.59. The van der Waals surface area contributed by atoms with Crippen molar-refractivity contribution in [1.82, 2.24) is 15.3 Å². The molecule has 1 aromatic heterocycles. The lowest BCUT2D eigenvalue weighted by Crippen LogP contribution is -2.30. The SMILES string of the molecule is CCNc1nc(C)cc(NCCNC(=O)Cc2ccccc2OC)n1. The molecule has 1 amide bonds. The molecule has 25 heavy (non-hydrogen) atoms. The molecule has 0 unspecified atom stereocenters. The number of nitrogens with one attached hydrogen (secondary N) is 3. The highest BCUT2D eigenvalue weighted by atomic mass is 16.5. The van der Waals surface area contributed by atoms with Crippen LogP contribution in [0.3, 0.4) is 0 Å². The summed E-state index contributed by atoms with van der Waals surface area (Å²) in [5.41, 5.74) is 1.76. The second kappa shape index (κ2) is 9.46. The van der Waals surface area contributed by atoms with Gasteiger partial charge in [-0.1, -0.05) is 18.2 Å². The molecule has 0 radical (unpaired) electrons. The minimum Gasteiger partial charge on any atom is -0.496 e. The van der Waals surface area contributed by atoms with Crippen molar-refractivity contribution >= 4 is 17.7 Å². The maximum absolute atomic E-state index is 12.1. The number of carbonyl (C=O) groups is 1. The molecule has 0 atom stereocenters. The molecule has 2 rings (SSSR count). The minimum atomic E-state index is -0.0430. The van der Waals surface area contributed by atoms with Crippen LogP contribution in [-0.2, 0) is 11.2 Å². The van der Waals surface area contributed by atoms with Gasteiger partial charge in [0.05, 0.1) is 13.5 Å². The van der Waals surface area contributed by atoms with Crippen LogP contribution in [0.2, 0.25) is 0 Å². The number of aromatic nitrogens is 2. The van der Waals surface area contributed by atoms with Gasteiger partial charge in [0.2, 0.25) is 11.9 Å². The molecule has 0 aliphatic rings. The van der Waals surface area contributed by atoms with Gasteiger partial charge in [0.15, 0.2) is 0 Å². The Labute approximate surface area is 148 Å². The summed E-state index contributed by atoms with van der Waals surface area (Å²) in [5.74, 6) is 2.02. The fourth-order valence-corrected chi connectivity index (χ4v) is 2.37. The van der Waals surface area contributed by atoms with Gasteiger partial charge in [-0.25, -0.2) is 4.98 Å². The average molecular weight is 343 g/mol. The Bertz CT molecular complexity index is 706. The molecule has 0 fully saturated rings. The van der Waals surface area contributed by atoms with Gasteiger partial charge >= 0.3 is 0 Å². The molecule has 0 saturated heterocycles. The van der Waals surface area contributed by atoms with Gasteiger partial charge in [-0.2, -0.15) is 4.98 Å². The lowest BCUT2D eigenvalue weighted by atomic mass is 10.1. The van der Waals surface area contributed by atoms with Gasteiger partial charge in [-0.15, -0.1) is 0 Å². The van der Waals surface area contributed by atoms with E-state index in [1.54, 1.807) is 7.11 Å². The second-order valence-corrected chi connectivity index (χ2v) is 5.51. The van der Waals surface area contributed by atoms with Crippen LogP contribution < -0.4 is 20.7 Å². The molecule has 0 bridgehead atoms. The molecule has 3 N–H and O–H groups in total. The van der Waals surface area contributed by atoms with Crippen LogP contribution in [0.4, 0.5) is 11.8 Å². The summed E-state index contributed by atoms with van der Waals surface area (Å²) in [6.45, 7) is 5.77. The topological polar surface area (TPSA) is 88.2 Å². The Morgan fingerprint density at radius 3 is 2.72 bits per heavy atom. The quantitative estimate of drug-likeness (QED) is 0.604. The number of benzene rings is 1. The van der Waals surface area contributed by atoms with E-state index in [9.17, 15) is 4.79 Å². The fourth-order valence-electron chi connectivity index (χ4n) is 2.37. The summed E-state index contributed by atoms with van der Waals surface area (Å²) in [5, 5.41) is 9.18. The largest absolute Gasteiger partial charge is 0.496 e. The van der Waals surface area contributed by atoms with E-state index in [1.807, 2.05) is 44.2 Å². The number of carbonyl (C=O) groups excluding carboxylic acids is 1. The van der Waals surface area contributed by atoms with Gasteiger partial charge in [-0.3, -0.25) is 4.79 Å². The highest BCUT2D eigenvalue weighted by Crippen LogP contribution is 2.17. The highest BCUT2D eigenvalue weighted by molar-refractivity contribution is 5.79. The van der Waals surface area contributed by atoms with Crippen LogP contribution in [0.15, 0.2) is 30.3 Å². The summed E-state index contributed by atoms with van der Waals surface area (Å²) in [6.07, 6.45) is 0.293. The van der Waals surface area contributed by atoms with Crippen molar-refractivity contribution in [1.29, 1.82) is 0 Å². The molecule has 0 aliphatic heterocycles. The lowest BCUT2D eigenvalue weighted by Gasteiger charge is -2.11. The Balaban J connectivity index is 1.78. The predicted octanol–water partition coefficient (Wildman–Crippen LogP) is 2.00. The molecule has 0 saturated carbocycles. The molecule has 2 aromatic rings. The highest BCUT2D eigenvalue weighted by Gasteiger charge is 2.07. The van der Waals surface area contributed by atoms with Gasteiger partial charge in [0.1, 0.15) is 11.6 Å². The standard InChI is InChI=1S/C18H25N5O2/c1-4-19-18-22-13(2)11-16(23-18)20-9-10-21-17(24)12-14-7-5-6-8-15(14)25-3/h5-8,11H,4,9-10,12H2,1-3H3,(H,21,24)(H2,19,20,22,23). The molecule has 1 heterocycles. The Hall–Kier alpha value is -2.83. The Morgan fingerprint density at radius 1 is 1.16 bits per heavy atom. The van der Waals surface area contributed by atoms with Crippen molar-refractivity contribution in [3.63, 3.8) is 0 Å².